The van der Waals surface area contributed by atoms with Crippen LogP contribution < -0.4 is 5.84 Å². The summed E-state index contributed by atoms with van der Waals surface area (Å²) in [6.07, 6.45) is 8.74. The van der Waals surface area contributed by atoms with E-state index in [1.165, 1.54) is 47.8 Å². The van der Waals surface area contributed by atoms with E-state index in [9.17, 15) is 9.18 Å². The Hall–Kier alpha value is -2.81. The predicted molar refractivity (Wildman–Crippen MR) is 131 cm³/mol. The van der Waals surface area contributed by atoms with Crippen molar-refractivity contribution >= 4 is 17.7 Å². The topological polar surface area (TPSA) is 90.2 Å². The van der Waals surface area contributed by atoms with Gasteiger partial charge in [0, 0.05) is 12.1 Å². The van der Waals surface area contributed by atoms with Crippen LogP contribution in [-0.4, -0.2) is 37.0 Å². The number of benzene rings is 1. The molecule has 2 aromatic heterocycles. The number of carbonyl (C=O) groups excluding carboxylic acids is 1. The van der Waals surface area contributed by atoms with Crippen LogP contribution in [0.4, 0.5) is 4.39 Å². The molecule has 9 heteroatoms. The van der Waals surface area contributed by atoms with Gasteiger partial charge in [-0.2, -0.15) is 0 Å². The molecule has 0 unspecified atom stereocenters. The summed E-state index contributed by atoms with van der Waals surface area (Å²) in [5.41, 5.74) is 1.64. The van der Waals surface area contributed by atoms with E-state index in [1.54, 1.807) is 24.5 Å². The summed E-state index contributed by atoms with van der Waals surface area (Å²) in [6.45, 7) is 2.35. The van der Waals surface area contributed by atoms with E-state index in [0.29, 0.717) is 41.0 Å². The summed E-state index contributed by atoms with van der Waals surface area (Å²) in [5.74, 6) is 9.68. The Balaban J connectivity index is 1.24. The zero-order valence-corrected chi connectivity index (χ0v) is 20.6. The number of halogens is 1. The van der Waals surface area contributed by atoms with Crippen LogP contribution in [0.3, 0.4) is 0 Å². The maximum absolute atomic E-state index is 13.8. The number of aryl methyl sites for hydroxylation is 1. The minimum Gasteiger partial charge on any atom is -0.469 e. The molecule has 7 rings (SSSR count). The molecule has 35 heavy (non-hydrogen) atoms. The molecule has 0 saturated heterocycles. The first-order valence-electron chi connectivity index (χ1n) is 12.3. The minimum absolute atomic E-state index is 0.0744. The molecule has 4 saturated carbocycles. The minimum atomic E-state index is -0.261. The number of nitrogens with two attached hydrogens (primary N) is 1. The Morgan fingerprint density at radius 1 is 1.14 bits per heavy atom. The van der Waals surface area contributed by atoms with Gasteiger partial charge in [-0.25, -0.2) is 9.07 Å². The Bertz CT molecular complexity index is 1200. The Morgan fingerprint density at radius 3 is 2.40 bits per heavy atom. The molecule has 4 bridgehead atoms. The number of amides is 1. The van der Waals surface area contributed by atoms with E-state index < -0.39 is 0 Å². The van der Waals surface area contributed by atoms with Crippen molar-refractivity contribution in [2.45, 2.75) is 62.7 Å². The van der Waals surface area contributed by atoms with Gasteiger partial charge in [0.2, 0.25) is 11.1 Å². The van der Waals surface area contributed by atoms with Crippen LogP contribution in [0.25, 0.3) is 11.4 Å². The second kappa shape index (κ2) is 8.69. The van der Waals surface area contributed by atoms with Gasteiger partial charge >= 0.3 is 0 Å². The molecule has 4 aliphatic carbocycles. The zero-order chi connectivity index (χ0) is 24.2. The summed E-state index contributed by atoms with van der Waals surface area (Å²) in [6, 6.07) is 8.34. The molecule has 4 aliphatic rings. The average Bonchev–Trinajstić information content (AvgIpc) is 3.40. The van der Waals surface area contributed by atoms with Crippen molar-refractivity contribution in [3.63, 3.8) is 0 Å². The first kappa shape index (κ1) is 22.6. The standard InChI is InChI=1S/C26H30FN5O2S/c1-16-22(6-7-34-16)24-29-30-25(32(24)28)35-15-23(33)31(14-17-2-4-21(27)5-3-17)26-11-18-8-19(12-26)10-20(9-18)13-26/h2-7,18-20H,8-15,28H2,1H3. The molecule has 0 radical (unpaired) electrons. The Kier molecular flexibility index (Phi) is 5.62. The first-order chi connectivity index (χ1) is 16.9. The lowest BCUT2D eigenvalue weighted by Gasteiger charge is -2.60. The molecule has 4 fully saturated rings. The van der Waals surface area contributed by atoms with Gasteiger partial charge in [-0.05, 0) is 87.0 Å². The van der Waals surface area contributed by atoms with Crippen molar-refractivity contribution in [2.24, 2.45) is 17.8 Å². The Morgan fingerprint density at radius 2 is 1.80 bits per heavy atom. The molecule has 2 heterocycles. The van der Waals surface area contributed by atoms with Crippen LogP contribution >= 0.6 is 11.8 Å². The number of nitrogens with zero attached hydrogens (tertiary/aromatic N) is 4. The normalized spacial score (nSPS) is 26.9. The summed E-state index contributed by atoms with van der Waals surface area (Å²) in [4.78, 5) is 15.9. The van der Waals surface area contributed by atoms with Crippen molar-refractivity contribution in [1.82, 2.24) is 19.8 Å². The second-order valence-electron chi connectivity index (χ2n) is 10.6. The molecule has 0 aliphatic heterocycles. The molecule has 2 N–H and O–H groups in total. The molecule has 0 spiro atoms. The highest BCUT2D eigenvalue weighted by atomic mass is 32.2. The van der Waals surface area contributed by atoms with Crippen LogP contribution in [0.5, 0.6) is 0 Å². The smallest absolute Gasteiger partial charge is 0.233 e. The van der Waals surface area contributed by atoms with Crippen LogP contribution in [0.2, 0.25) is 0 Å². The molecule has 1 amide bonds. The van der Waals surface area contributed by atoms with E-state index in [1.807, 2.05) is 6.92 Å². The molecule has 184 valence electrons. The van der Waals surface area contributed by atoms with Crippen molar-refractivity contribution in [3.8, 4) is 11.4 Å². The maximum atomic E-state index is 13.8. The zero-order valence-electron chi connectivity index (χ0n) is 19.8. The number of hydrogen-bond donors (Lipinski definition) is 1. The van der Waals surface area contributed by atoms with E-state index in [2.05, 4.69) is 15.1 Å². The monoisotopic (exact) mass is 495 g/mol. The number of carbonyl (C=O) groups is 1. The van der Waals surface area contributed by atoms with Crippen molar-refractivity contribution in [1.29, 1.82) is 0 Å². The van der Waals surface area contributed by atoms with Crippen molar-refractivity contribution < 1.29 is 13.6 Å². The third-order valence-electron chi connectivity index (χ3n) is 8.22. The summed E-state index contributed by atoms with van der Waals surface area (Å²) < 4.78 is 20.3. The average molecular weight is 496 g/mol. The predicted octanol–water partition coefficient (Wildman–Crippen LogP) is 4.79. The molecule has 3 aromatic rings. The number of thioether (sulfide) groups is 1. The molecular formula is C26H30FN5O2S. The highest BCUT2D eigenvalue weighted by Gasteiger charge is 2.54. The highest BCUT2D eigenvalue weighted by Crippen LogP contribution is 2.58. The number of aromatic nitrogens is 3. The van der Waals surface area contributed by atoms with Gasteiger partial charge in [0.1, 0.15) is 11.6 Å². The second-order valence-corrected chi connectivity index (χ2v) is 11.5. The van der Waals surface area contributed by atoms with E-state index >= 15 is 0 Å². The van der Waals surface area contributed by atoms with Crippen LogP contribution in [-0.2, 0) is 11.3 Å². The van der Waals surface area contributed by atoms with Gasteiger partial charge in [-0.1, -0.05) is 23.9 Å². The van der Waals surface area contributed by atoms with Gasteiger partial charge < -0.3 is 15.2 Å². The summed E-state index contributed by atoms with van der Waals surface area (Å²) in [5, 5.41) is 8.93. The van der Waals surface area contributed by atoms with Crippen molar-refractivity contribution in [2.75, 3.05) is 11.6 Å². The number of hydrogen-bond acceptors (Lipinski definition) is 6. The van der Waals surface area contributed by atoms with E-state index in [-0.39, 0.29) is 23.0 Å². The molecule has 0 atom stereocenters. The molecular weight excluding hydrogens is 465 g/mol. The number of rotatable bonds is 7. The fourth-order valence-electron chi connectivity index (χ4n) is 7.07. The lowest BCUT2D eigenvalue weighted by atomic mass is 9.52. The van der Waals surface area contributed by atoms with Crippen LogP contribution in [0.1, 0.15) is 49.8 Å². The fraction of sp³-hybridized carbons (Fsp3) is 0.500. The van der Waals surface area contributed by atoms with Gasteiger partial charge in [0.25, 0.3) is 0 Å². The van der Waals surface area contributed by atoms with Gasteiger partial charge in [-0.15, -0.1) is 10.2 Å². The lowest BCUT2D eigenvalue weighted by molar-refractivity contribution is -0.149. The van der Waals surface area contributed by atoms with Gasteiger partial charge in [-0.3, -0.25) is 4.79 Å². The lowest BCUT2D eigenvalue weighted by Crippen LogP contribution is -2.61. The Labute approximate surface area is 208 Å². The number of nitrogen functional groups attached to an aromatic ring is 1. The summed E-state index contributed by atoms with van der Waals surface area (Å²) >= 11 is 1.31. The third-order valence-corrected chi connectivity index (χ3v) is 9.15. The fourth-order valence-corrected chi connectivity index (χ4v) is 7.80. The largest absolute Gasteiger partial charge is 0.469 e. The van der Waals surface area contributed by atoms with Crippen molar-refractivity contribution in [3.05, 3.63) is 53.7 Å². The third kappa shape index (κ3) is 4.13. The van der Waals surface area contributed by atoms with Crippen LogP contribution in [0, 0.1) is 30.5 Å². The van der Waals surface area contributed by atoms with E-state index in [4.69, 9.17) is 10.3 Å². The van der Waals surface area contributed by atoms with Gasteiger partial charge in [0.05, 0.1) is 17.6 Å². The highest BCUT2D eigenvalue weighted by molar-refractivity contribution is 7.99. The number of furan rings is 1. The first-order valence-corrected chi connectivity index (χ1v) is 13.3. The van der Waals surface area contributed by atoms with Crippen LogP contribution in [0.15, 0.2) is 46.2 Å². The van der Waals surface area contributed by atoms with Gasteiger partial charge in [0.15, 0.2) is 5.82 Å². The molecule has 7 nitrogen and oxygen atoms in total. The summed E-state index contributed by atoms with van der Waals surface area (Å²) in [7, 11) is 0. The van der Waals surface area contributed by atoms with E-state index in [0.717, 1.165) is 30.4 Å². The quantitative estimate of drug-likeness (QED) is 0.374. The maximum Gasteiger partial charge on any atom is 0.233 e. The SMILES string of the molecule is Cc1occc1-c1nnc(SCC(=O)N(Cc2ccc(F)cc2)C23CC4CC(CC(C4)C2)C3)n1N. The molecule has 1 aromatic carbocycles.